The second-order valence-corrected chi connectivity index (χ2v) is 3.61. The standard InChI is InChI=1S/C5H11.ClH.Zr/c1-5(2,3)4;;/h1H2,2-4H3;1H;. The van der Waals surface area contributed by atoms with Crippen molar-refractivity contribution in [2.75, 3.05) is 0 Å². The van der Waals surface area contributed by atoms with Crippen LogP contribution in [-0.4, -0.2) is 0 Å². The van der Waals surface area contributed by atoms with Gasteiger partial charge in [-0.05, 0) is 0 Å². The zero-order valence-electron chi connectivity index (χ0n) is 5.12. The predicted molar refractivity (Wildman–Crippen MR) is 31.5 cm³/mol. The molecule has 0 aromatic heterocycles. The fraction of sp³-hybridized carbons (Fsp3) is 1.00. The Labute approximate surface area is 67.3 Å². The number of hydrogen-bond donors (Lipinski definition) is 0. The van der Waals surface area contributed by atoms with Crippen molar-refractivity contribution in [1.29, 1.82) is 0 Å². The quantitative estimate of drug-likeness (QED) is 0.561. The smallest absolute Gasteiger partial charge is 0.147 e. The van der Waals surface area contributed by atoms with Crippen molar-refractivity contribution in [3.05, 3.63) is 0 Å². The van der Waals surface area contributed by atoms with Crippen LogP contribution in [0.3, 0.4) is 0 Å². The van der Waals surface area contributed by atoms with E-state index in [0.717, 1.165) is 0 Å². The molecule has 0 heterocycles. The molecule has 0 saturated heterocycles. The SMILES string of the molecule is CC(C)(C)[CH2][Zr].Cl. The van der Waals surface area contributed by atoms with E-state index in [1.165, 1.54) is 4.13 Å². The van der Waals surface area contributed by atoms with Crippen LogP contribution in [0.15, 0.2) is 0 Å². The Morgan fingerprint density at radius 3 is 1.43 bits per heavy atom. The average molecular weight is 199 g/mol. The Balaban J connectivity index is 0. The summed E-state index contributed by atoms with van der Waals surface area (Å²) in [5.41, 5.74) is 0.582. The van der Waals surface area contributed by atoms with E-state index in [-0.39, 0.29) is 12.4 Å². The van der Waals surface area contributed by atoms with Crippen LogP contribution in [0.1, 0.15) is 20.8 Å². The van der Waals surface area contributed by atoms with Gasteiger partial charge in [-0.2, -0.15) is 0 Å². The maximum Gasteiger partial charge on any atom is -0.147 e. The fourth-order valence-corrected chi connectivity index (χ4v) is 0. The second-order valence-electron chi connectivity index (χ2n) is 2.74. The summed E-state index contributed by atoms with van der Waals surface area (Å²) in [6.07, 6.45) is 0. The molecular formula is C5H12ClZr. The average Bonchev–Trinajstić information content (AvgIpc) is 1.35. The molecule has 0 rings (SSSR count). The van der Waals surface area contributed by atoms with Crippen molar-refractivity contribution in [3.8, 4) is 0 Å². The molecule has 0 amide bonds. The van der Waals surface area contributed by atoms with Crippen LogP contribution in [0, 0.1) is 5.41 Å². The molecule has 0 radical (unpaired) electrons. The summed E-state index contributed by atoms with van der Waals surface area (Å²) in [4.78, 5) is 0. The van der Waals surface area contributed by atoms with E-state index in [1.807, 2.05) is 0 Å². The Hall–Kier alpha value is 1.17. The first-order valence-electron chi connectivity index (χ1n) is 2.21. The van der Waals surface area contributed by atoms with E-state index in [4.69, 9.17) is 0 Å². The first-order valence-corrected chi connectivity index (χ1v) is 3.95. The summed E-state index contributed by atoms with van der Waals surface area (Å²) in [5.74, 6) is 0. The van der Waals surface area contributed by atoms with Gasteiger partial charge in [0.2, 0.25) is 0 Å². The molecule has 0 fully saturated rings. The first-order chi connectivity index (χ1) is 2.56. The molecule has 0 aliphatic rings. The van der Waals surface area contributed by atoms with Gasteiger partial charge in [-0.25, -0.2) is 0 Å². The van der Waals surface area contributed by atoms with Crippen LogP contribution in [0.5, 0.6) is 0 Å². The molecule has 7 heavy (non-hydrogen) atoms. The van der Waals surface area contributed by atoms with Gasteiger partial charge in [0.25, 0.3) is 0 Å². The summed E-state index contributed by atoms with van der Waals surface area (Å²) in [7, 11) is 0. The maximum absolute atomic E-state index is 2.27. The minimum atomic E-state index is 0. The molecule has 0 atom stereocenters. The van der Waals surface area contributed by atoms with E-state index < -0.39 is 0 Å². The first kappa shape index (κ1) is 11.0. The van der Waals surface area contributed by atoms with Crippen molar-refractivity contribution >= 4 is 12.4 Å². The van der Waals surface area contributed by atoms with Gasteiger partial charge >= 0.3 is 55.0 Å². The minimum absolute atomic E-state index is 0. The third-order valence-electron chi connectivity index (χ3n) is 0.530. The Morgan fingerprint density at radius 2 is 1.43 bits per heavy atom. The third-order valence-corrected chi connectivity index (χ3v) is 3.14. The molecule has 43 valence electrons. The molecule has 0 bridgehead atoms. The van der Waals surface area contributed by atoms with Crippen molar-refractivity contribution in [2.45, 2.75) is 24.9 Å². The second kappa shape index (κ2) is 4.09. The topological polar surface area (TPSA) is 0 Å². The molecule has 0 aromatic carbocycles. The zero-order valence-corrected chi connectivity index (χ0v) is 8.39. The minimum Gasteiger partial charge on any atom is -0.147 e. The van der Waals surface area contributed by atoms with Gasteiger partial charge in [0.05, 0.1) is 0 Å². The van der Waals surface area contributed by atoms with E-state index in [0.29, 0.717) is 5.41 Å². The van der Waals surface area contributed by atoms with E-state index >= 15 is 0 Å². The summed E-state index contributed by atoms with van der Waals surface area (Å²) in [6.45, 7) is 6.80. The Morgan fingerprint density at radius 1 is 1.29 bits per heavy atom. The molecule has 0 aliphatic heterocycles. The zero-order chi connectivity index (χ0) is 5.21. The van der Waals surface area contributed by atoms with Crippen LogP contribution >= 0.6 is 12.4 Å². The Bertz CT molecular complexity index is 37.8. The number of rotatable bonds is 0. The van der Waals surface area contributed by atoms with Crippen molar-refractivity contribution in [2.24, 2.45) is 5.41 Å². The molecule has 0 aliphatic carbocycles. The van der Waals surface area contributed by atoms with Crippen molar-refractivity contribution in [3.63, 3.8) is 0 Å². The van der Waals surface area contributed by atoms with Crippen molar-refractivity contribution < 1.29 is 24.7 Å². The van der Waals surface area contributed by atoms with Crippen LogP contribution in [-0.2, 0) is 24.7 Å². The Kier molecular flexibility index (Phi) is 6.45. The van der Waals surface area contributed by atoms with Gasteiger partial charge < -0.3 is 0 Å². The molecular weight excluding hydrogens is 187 g/mol. The van der Waals surface area contributed by atoms with Crippen LogP contribution < -0.4 is 0 Å². The molecule has 0 nitrogen and oxygen atoms in total. The van der Waals surface area contributed by atoms with E-state index in [2.05, 4.69) is 20.8 Å². The number of hydrogen-bond acceptors (Lipinski definition) is 0. The van der Waals surface area contributed by atoms with Crippen LogP contribution in [0.2, 0.25) is 4.13 Å². The van der Waals surface area contributed by atoms with Gasteiger partial charge in [0.1, 0.15) is 0 Å². The van der Waals surface area contributed by atoms with Crippen molar-refractivity contribution in [1.82, 2.24) is 0 Å². The van der Waals surface area contributed by atoms with E-state index in [9.17, 15) is 0 Å². The van der Waals surface area contributed by atoms with Gasteiger partial charge in [0.15, 0.2) is 0 Å². The normalized spacial score (nSPS) is 10.0. The summed E-state index contributed by atoms with van der Waals surface area (Å²) in [6, 6.07) is 0. The summed E-state index contributed by atoms with van der Waals surface area (Å²) < 4.78 is 1.36. The maximum atomic E-state index is 2.27. The van der Waals surface area contributed by atoms with Crippen LogP contribution in [0.25, 0.3) is 0 Å². The predicted octanol–water partition coefficient (Wildman–Crippen LogP) is 2.42. The fourth-order valence-electron chi connectivity index (χ4n) is 0. The van der Waals surface area contributed by atoms with Gasteiger partial charge in [-0.15, -0.1) is 12.4 Å². The van der Waals surface area contributed by atoms with E-state index in [1.54, 1.807) is 24.7 Å². The summed E-state index contributed by atoms with van der Waals surface area (Å²) >= 11 is 1.65. The number of halogens is 1. The largest absolute Gasteiger partial charge is 0.147 e. The van der Waals surface area contributed by atoms with Gasteiger partial charge in [0, 0.05) is 0 Å². The molecule has 0 spiro atoms. The molecule has 0 saturated carbocycles. The van der Waals surface area contributed by atoms with Crippen LogP contribution in [0.4, 0.5) is 0 Å². The van der Waals surface area contributed by atoms with Gasteiger partial charge in [-0.3, -0.25) is 0 Å². The molecule has 2 heteroatoms. The third kappa shape index (κ3) is 11.0. The van der Waals surface area contributed by atoms with Gasteiger partial charge in [-0.1, -0.05) is 0 Å². The molecule has 0 unspecified atom stereocenters. The monoisotopic (exact) mass is 197 g/mol. The summed E-state index contributed by atoms with van der Waals surface area (Å²) in [5, 5.41) is 0. The molecule has 0 N–H and O–H groups in total. The molecule has 0 aromatic rings.